The maximum Gasteiger partial charge on any atom is 0.253 e. The zero-order chi connectivity index (χ0) is 16.2. The normalized spacial score (nSPS) is 21.1. The van der Waals surface area contributed by atoms with Crippen LogP contribution < -0.4 is 11.1 Å². The summed E-state index contributed by atoms with van der Waals surface area (Å²) in [6.07, 6.45) is 6.06. The number of pyridine rings is 1. The van der Waals surface area contributed by atoms with Crippen molar-refractivity contribution in [3.63, 3.8) is 0 Å². The summed E-state index contributed by atoms with van der Waals surface area (Å²) in [7, 11) is 0. The second kappa shape index (κ2) is 6.96. The molecule has 1 saturated carbocycles. The van der Waals surface area contributed by atoms with Crippen molar-refractivity contribution in [2.75, 3.05) is 6.54 Å². The topological polar surface area (TPSA) is 81.2 Å². The van der Waals surface area contributed by atoms with E-state index in [2.05, 4.69) is 10.3 Å². The second-order valence-electron chi connectivity index (χ2n) is 6.17. The van der Waals surface area contributed by atoms with Gasteiger partial charge in [0.25, 0.3) is 5.91 Å². The number of nitrogens with zero attached hydrogens (tertiary/aromatic N) is 1. The van der Waals surface area contributed by atoms with Gasteiger partial charge in [0.15, 0.2) is 5.76 Å². The fourth-order valence-electron chi connectivity index (χ4n) is 3.29. The molecule has 2 heterocycles. The fraction of sp³-hybridized carbons (Fsp3) is 0.444. The largest absolute Gasteiger partial charge is 0.463 e. The first-order valence-corrected chi connectivity index (χ1v) is 8.21. The zero-order valence-electron chi connectivity index (χ0n) is 13.4. The van der Waals surface area contributed by atoms with E-state index in [0.717, 1.165) is 25.0 Å². The Bertz CT molecular complexity index is 667. The molecule has 2 atom stereocenters. The molecule has 5 heteroatoms. The van der Waals surface area contributed by atoms with Crippen LogP contribution in [-0.2, 0) is 0 Å². The first-order valence-electron chi connectivity index (χ1n) is 8.21. The van der Waals surface area contributed by atoms with Crippen LogP contribution in [0.1, 0.15) is 41.7 Å². The van der Waals surface area contributed by atoms with Gasteiger partial charge in [0.1, 0.15) is 5.69 Å². The fourth-order valence-corrected chi connectivity index (χ4v) is 3.29. The number of carbonyl (C=O) groups is 1. The number of furan rings is 1. The molecule has 0 saturated heterocycles. The van der Waals surface area contributed by atoms with Crippen molar-refractivity contribution in [1.82, 2.24) is 10.3 Å². The van der Waals surface area contributed by atoms with Crippen LogP contribution in [0.4, 0.5) is 0 Å². The Hall–Kier alpha value is -2.14. The van der Waals surface area contributed by atoms with Crippen molar-refractivity contribution < 1.29 is 9.21 Å². The molecule has 3 N–H and O–H groups in total. The maximum absolute atomic E-state index is 12.6. The lowest BCUT2D eigenvalue weighted by atomic mass is 9.84. The standard InChI is InChI=1S/C18H23N3O2/c1-12-14(8-9-16(20-12)17-7-4-10-23-17)18(22)21-15-6-3-2-5-13(15)11-19/h4,7-10,13,15H,2-3,5-6,11,19H2,1H3,(H,21,22). The molecule has 3 rings (SSSR count). The molecule has 23 heavy (non-hydrogen) atoms. The molecule has 0 aromatic carbocycles. The number of rotatable bonds is 4. The number of nitrogens with two attached hydrogens (primary N) is 1. The number of nitrogens with one attached hydrogen (secondary N) is 1. The van der Waals surface area contributed by atoms with Crippen LogP contribution in [0.25, 0.3) is 11.5 Å². The second-order valence-corrected chi connectivity index (χ2v) is 6.17. The molecule has 122 valence electrons. The minimum Gasteiger partial charge on any atom is -0.463 e. The molecule has 0 bridgehead atoms. The van der Waals surface area contributed by atoms with Gasteiger partial charge in [-0.05, 0) is 56.5 Å². The first kappa shape index (κ1) is 15.7. The van der Waals surface area contributed by atoms with Gasteiger partial charge >= 0.3 is 0 Å². The highest BCUT2D eigenvalue weighted by molar-refractivity contribution is 5.95. The minimum atomic E-state index is -0.0636. The SMILES string of the molecule is Cc1nc(-c2ccco2)ccc1C(=O)NC1CCCCC1CN. The summed E-state index contributed by atoms with van der Waals surface area (Å²) in [5, 5.41) is 3.15. The third-order valence-corrected chi connectivity index (χ3v) is 4.63. The van der Waals surface area contributed by atoms with Gasteiger partial charge in [0.05, 0.1) is 17.5 Å². The molecular formula is C18H23N3O2. The van der Waals surface area contributed by atoms with Gasteiger partial charge in [0.2, 0.25) is 0 Å². The van der Waals surface area contributed by atoms with Crippen molar-refractivity contribution in [3.05, 3.63) is 41.8 Å². The van der Waals surface area contributed by atoms with Gasteiger partial charge in [-0.1, -0.05) is 12.8 Å². The van der Waals surface area contributed by atoms with Crippen molar-refractivity contribution in [3.8, 4) is 11.5 Å². The molecule has 0 aliphatic heterocycles. The molecule has 2 unspecified atom stereocenters. The Morgan fingerprint density at radius 3 is 2.87 bits per heavy atom. The molecule has 1 fully saturated rings. The van der Waals surface area contributed by atoms with Gasteiger partial charge in [-0.25, -0.2) is 4.98 Å². The van der Waals surface area contributed by atoms with E-state index in [1.807, 2.05) is 31.2 Å². The molecule has 1 amide bonds. The first-order chi connectivity index (χ1) is 11.2. The molecule has 1 aliphatic carbocycles. The van der Waals surface area contributed by atoms with Gasteiger partial charge in [-0.3, -0.25) is 4.79 Å². The van der Waals surface area contributed by atoms with E-state index < -0.39 is 0 Å². The van der Waals surface area contributed by atoms with Crippen LogP contribution in [-0.4, -0.2) is 23.5 Å². The van der Waals surface area contributed by atoms with Crippen LogP contribution in [0.5, 0.6) is 0 Å². The lowest BCUT2D eigenvalue weighted by Gasteiger charge is -2.31. The molecule has 0 radical (unpaired) electrons. The highest BCUT2D eigenvalue weighted by atomic mass is 16.3. The van der Waals surface area contributed by atoms with E-state index in [1.165, 1.54) is 6.42 Å². The predicted molar refractivity (Wildman–Crippen MR) is 88.9 cm³/mol. The third-order valence-electron chi connectivity index (χ3n) is 4.63. The number of aromatic nitrogens is 1. The Morgan fingerprint density at radius 2 is 2.17 bits per heavy atom. The van der Waals surface area contributed by atoms with Gasteiger partial charge in [-0.2, -0.15) is 0 Å². The molecule has 2 aromatic heterocycles. The number of carbonyl (C=O) groups excluding carboxylic acids is 1. The summed E-state index contributed by atoms with van der Waals surface area (Å²) in [4.78, 5) is 17.1. The summed E-state index contributed by atoms with van der Waals surface area (Å²) in [5.41, 5.74) is 7.89. The van der Waals surface area contributed by atoms with Crippen LogP contribution >= 0.6 is 0 Å². The third kappa shape index (κ3) is 3.45. The monoisotopic (exact) mass is 313 g/mol. The molecular weight excluding hydrogens is 290 g/mol. The number of amides is 1. The lowest BCUT2D eigenvalue weighted by Crippen LogP contribution is -2.44. The number of hydrogen-bond donors (Lipinski definition) is 2. The van der Waals surface area contributed by atoms with Gasteiger partial charge in [0, 0.05) is 6.04 Å². The van der Waals surface area contributed by atoms with Crippen LogP contribution in [0.15, 0.2) is 34.9 Å². The molecule has 0 spiro atoms. The Labute approximate surface area is 136 Å². The van der Waals surface area contributed by atoms with Crippen molar-refractivity contribution in [2.24, 2.45) is 11.7 Å². The number of hydrogen-bond acceptors (Lipinski definition) is 4. The summed E-state index contributed by atoms with van der Waals surface area (Å²) >= 11 is 0. The van der Waals surface area contributed by atoms with Crippen LogP contribution in [0.2, 0.25) is 0 Å². The Morgan fingerprint density at radius 1 is 1.35 bits per heavy atom. The minimum absolute atomic E-state index is 0.0636. The lowest BCUT2D eigenvalue weighted by molar-refractivity contribution is 0.0907. The molecule has 1 aliphatic rings. The average molecular weight is 313 g/mol. The van der Waals surface area contributed by atoms with Crippen LogP contribution in [0, 0.1) is 12.8 Å². The van der Waals surface area contributed by atoms with E-state index >= 15 is 0 Å². The van der Waals surface area contributed by atoms with Gasteiger partial charge < -0.3 is 15.5 Å². The molecule has 5 nitrogen and oxygen atoms in total. The Kier molecular flexibility index (Phi) is 4.76. The van der Waals surface area contributed by atoms with E-state index in [0.29, 0.717) is 29.5 Å². The van der Waals surface area contributed by atoms with Crippen LogP contribution in [0.3, 0.4) is 0 Å². The van der Waals surface area contributed by atoms with Crippen molar-refractivity contribution >= 4 is 5.91 Å². The maximum atomic E-state index is 12.6. The highest BCUT2D eigenvalue weighted by Gasteiger charge is 2.26. The Balaban J connectivity index is 1.74. The highest BCUT2D eigenvalue weighted by Crippen LogP contribution is 2.24. The zero-order valence-corrected chi connectivity index (χ0v) is 13.4. The summed E-state index contributed by atoms with van der Waals surface area (Å²) < 4.78 is 5.35. The summed E-state index contributed by atoms with van der Waals surface area (Å²) in [6, 6.07) is 7.49. The van der Waals surface area contributed by atoms with E-state index in [-0.39, 0.29) is 11.9 Å². The smallest absolute Gasteiger partial charge is 0.253 e. The van der Waals surface area contributed by atoms with Crippen molar-refractivity contribution in [2.45, 2.75) is 38.6 Å². The van der Waals surface area contributed by atoms with E-state index in [9.17, 15) is 4.79 Å². The number of aryl methyl sites for hydroxylation is 1. The van der Waals surface area contributed by atoms with Gasteiger partial charge in [-0.15, -0.1) is 0 Å². The average Bonchev–Trinajstić information content (AvgIpc) is 3.09. The predicted octanol–water partition coefficient (Wildman–Crippen LogP) is 2.90. The molecule has 2 aromatic rings. The quantitative estimate of drug-likeness (QED) is 0.909. The van der Waals surface area contributed by atoms with Crippen molar-refractivity contribution in [1.29, 1.82) is 0 Å². The van der Waals surface area contributed by atoms with E-state index in [1.54, 1.807) is 6.26 Å². The summed E-state index contributed by atoms with van der Waals surface area (Å²) in [6.45, 7) is 2.47. The summed E-state index contributed by atoms with van der Waals surface area (Å²) in [5.74, 6) is 1.02. The van der Waals surface area contributed by atoms with E-state index in [4.69, 9.17) is 10.2 Å².